The van der Waals surface area contributed by atoms with Gasteiger partial charge in [-0.1, -0.05) is 0 Å². The van der Waals surface area contributed by atoms with Gasteiger partial charge in [0.1, 0.15) is 0 Å². The lowest BCUT2D eigenvalue weighted by Gasteiger charge is -2.65. The second-order valence-electron chi connectivity index (χ2n) is 10.5. The summed E-state index contributed by atoms with van der Waals surface area (Å²) in [6, 6.07) is 0. The SMILES string of the molecule is FC(F)(F)C1(F)C(F)(F)C(F)(F)C(F)(C(F)(C(F)(F)F)C2(F)C(F)(F)C(F)(F)C(F)(C(F)(F)F)C(F)(C(F)(F)F)C2(F)F)C(F)(F)C1(F)C(F)(F)F. The van der Waals surface area contributed by atoms with Gasteiger partial charge in [-0.25, -0.2) is 30.7 Å². The van der Waals surface area contributed by atoms with Gasteiger partial charge in [-0.2, -0.15) is 119 Å². The molecule has 0 aromatic rings. The van der Waals surface area contributed by atoms with Crippen molar-refractivity contribution in [3.05, 3.63) is 0 Å². The monoisotopic (exact) mass is 862 g/mol. The molecule has 0 saturated heterocycles. The Kier molecular flexibility index (Phi) is 8.70. The summed E-state index contributed by atoms with van der Waals surface area (Å²) in [6.07, 6.45) is -48.5. The number of rotatable bonds is 2. The van der Waals surface area contributed by atoms with Crippen molar-refractivity contribution in [1.29, 1.82) is 0 Å². The van der Waals surface area contributed by atoms with Crippen molar-refractivity contribution >= 4 is 0 Å². The Bertz CT molecular complexity index is 1340. The van der Waals surface area contributed by atoms with Crippen LogP contribution >= 0.6 is 0 Å². The van der Waals surface area contributed by atoms with Gasteiger partial charge in [0, 0.05) is 0 Å². The summed E-state index contributed by atoms with van der Waals surface area (Å²) >= 11 is 0. The molecule has 0 aliphatic heterocycles. The molecule has 2 aliphatic rings. The molecule has 52 heavy (non-hydrogen) atoms. The van der Waals surface area contributed by atoms with Crippen LogP contribution in [0.5, 0.6) is 0 Å². The first-order chi connectivity index (χ1) is 21.8. The van der Waals surface area contributed by atoms with Crippen LogP contribution in [-0.2, 0) is 0 Å². The fourth-order valence-electron chi connectivity index (χ4n) is 5.59. The molecule has 34 heteroatoms. The van der Waals surface area contributed by atoms with Gasteiger partial charge in [0.15, 0.2) is 0 Å². The van der Waals surface area contributed by atoms with Gasteiger partial charge in [-0.15, -0.1) is 0 Å². The molecule has 0 bridgehead atoms. The predicted molar refractivity (Wildman–Crippen MR) is 86.8 cm³/mol. The Morgan fingerprint density at radius 3 is 0.462 bits per heavy atom. The highest BCUT2D eigenvalue weighted by Gasteiger charge is 3.18. The van der Waals surface area contributed by atoms with E-state index in [9.17, 15) is 136 Å². The molecule has 0 N–H and O–H groups in total. The van der Waals surface area contributed by atoms with Gasteiger partial charge >= 0.3 is 89.1 Å². The maximum Gasteiger partial charge on any atom is 0.432 e. The molecule has 6 unspecified atom stereocenters. The van der Waals surface area contributed by atoms with Crippen LogP contribution in [0.3, 0.4) is 0 Å². The highest BCUT2D eigenvalue weighted by molar-refractivity contribution is 5.47. The maximum atomic E-state index is 15.7. The molecule has 0 aromatic heterocycles. The fraction of sp³-hybridized carbons (Fsp3) is 1.00. The summed E-state index contributed by atoms with van der Waals surface area (Å²) < 4.78 is 481. The molecule has 310 valence electrons. The van der Waals surface area contributed by atoms with Crippen LogP contribution in [0, 0.1) is 0 Å². The minimum atomic E-state index is -11.5. The molecule has 6 atom stereocenters. The second kappa shape index (κ2) is 9.88. The molecule has 0 radical (unpaired) electrons. The van der Waals surface area contributed by atoms with Crippen molar-refractivity contribution in [3.8, 4) is 0 Å². The molecule has 0 heterocycles. The average molecular weight is 862 g/mol. The quantitative estimate of drug-likeness (QED) is 0.243. The molecule has 0 aromatic carbocycles. The number of hydrogen-bond acceptors (Lipinski definition) is 0. The third-order valence-electron chi connectivity index (χ3n) is 8.10. The number of halogens is 34. The summed E-state index contributed by atoms with van der Waals surface area (Å²) in [6.45, 7) is 0. The molecule has 2 fully saturated rings. The Hall–Kier alpha value is -2.38. The van der Waals surface area contributed by atoms with Gasteiger partial charge in [0.05, 0.1) is 0 Å². The zero-order valence-corrected chi connectivity index (χ0v) is 21.9. The lowest BCUT2D eigenvalue weighted by molar-refractivity contribution is -0.562. The van der Waals surface area contributed by atoms with E-state index in [0.29, 0.717) is 0 Å². The zero-order valence-electron chi connectivity index (χ0n) is 21.9. The second-order valence-corrected chi connectivity index (χ2v) is 10.5. The van der Waals surface area contributed by atoms with E-state index >= 15 is 13.2 Å². The summed E-state index contributed by atoms with van der Waals surface area (Å²) in [5, 5.41) is 0. The fourth-order valence-corrected chi connectivity index (χ4v) is 5.59. The van der Waals surface area contributed by atoms with E-state index < -0.39 is 106 Å². The summed E-state index contributed by atoms with van der Waals surface area (Å²) in [5.41, 5.74) is -75.0. The van der Waals surface area contributed by atoms with Crippen molar-refractivity contribution in [2.75, 3.05) is 0 Å². The maximum absolute atomic E-state index is 15.7. The summed E-state index contributed by atoms with van der Waals surface area (Å²) in [4.78, 5) is 0. The minimum absolute atomic E-state index is 9.36. The molecule has 0 amide bonds. The van der Waals surface area contributed by atoms with Crippen LogP contribution in [0.2, 0.25) is 0 Å². The van der Waals surface area contributed by atoms with Crippen LogP contribution in [0.25, 0.3) is 0 Å². The van der Waals surface area contributed by atoms with E-state index in [4.69, 9.17) is 0 Å². The lowest BCUT2D eigenvalue weighted by atomic mass is 9.48. The van der Waals surface area contributed by atoms with Gasteiger partial charge < -0.3 is 0 Å². The number of alkyl halides is 34. The highest BCUT2D eigenvalue weighted by Crippen LogP contribution is 2.84. The molecule has 2 aliphatic carbocycles. The third kappa shape index (κ3) is 3.64. The summed E-state index contributed by atoms with van der Waals surface area (Å²) in [5.74, 6) is -63.4. The standard InChI is InChI=1S/C18F34/c19-1(14(38,39)40,2(20)8(26,27)4(22,15(41,42)43)6(24,17(47,48)49)12(34,35)10(2,30)31)3(21)9(28,29)5(23,16(44,45)46)7(25,18(50,51)52)13(36,37)11(3,32)33. The number of hydrogen-bond donors (Lipinski definition) is 0. The minimum Gasteiger partial charge on any atom is -0.226 e. The largest absolute Gasteiger partial charge is 0.432 e. The topological polar surface area (TPSA) is 0 Å². The summed E-state index contributed by atoms with van der Waals surface area (Å²) in [7, 11) is 0. The first-order valence-corrected chi connectivity index (χ1v) is 11.2. The van der Waals surface area contributed by atoms with Crippen LogP contribution in [0.15, 0.2) is 0 Å². The Morgan fingerprint density at radius 1 is 0.192 bits per heavy atom. The molecule has 0 spiro atoms. The van der Waals surface area contributed by atoms with Crippen molar-refractivity contribution in [3.63, 3.8) is 0 Å². The molecular formula is C18F34. The van der Waals surface area contributed by atoms with Gasteiger partial charge in [-0.05, 0) is 0 Å². The lowest BCUT2D eigenvalue weighted by Crippen LogP contribution is -3.01. The average Bonchev–Trinajstić information content (AvgIpc) is 2.88. The van der Waals surface area contributed by atoms with Crippen LogP contribution in [0.4, 0.5) is 149 Å². The smallest absolute Gasteiger partial charge is 0.226 e. The van der Waals surface area contributed by atoms with Crippen molar-refractivity contribution in [1.82, 2.24) is 0 Å². The van der Waals surface area contributed by atoms with Crippen LogP contribution in [-0.4, -0.2) is 106 Å². The predicted octanol–water partition coefficient (Wildman–Crippen LogP) is 10.6. The van der Waals surface area contributed by atoms with E-state index in [2.05, 4.69) is 0 Å². The van der Waals surface area contributed by atoms with Crippen LogP contribution in [0.1, 0.15) is 0 Å². The molecule has 2 rings (SSSR count). The Morgan fingerprint density at radius 2 is 0.327 bits per heavy atom. The van der Waals surface area contributed by atoms with E-state index in [1.165, 1.54) is 0 Å². The van der Waals surface area contributed by atoms with Crippen molar-refractivity contribution in [2.24, 2.45) is 0 Å². The van der Waals surface area contributed by atoms with Gasteiger partial charge in [0.2, 0.25) is 0 Å². The molecule has 2 saturated carbocycles. The molecular weight excluding hydrogens is 862 g/mol. The van der Waals surface area contributed by atoms with Gasteiger partial charge in [-0.3, -0.25) is 0 Å². The molecule has 0 nitrogen and oxygen atoms in total. The Labute approximate surface area is 257 Å². The van der Waals surface area contributed by atoms with E-state index in [1.54, 1.807) is 0 Å². The highest BCUT2D eigenvalue weighted by atomic mass is 19.4. The van der Waals surface area contributed by atoms with Crippen molar-refractivity contribution < 1.29 is 149 Å². The van der Waals surface area contributed by atoms with Crippen molar-refractivity contribution in [2.45, 2.75) is 106 Å². The van der Waals surface area contributed by atoms with Gasteiger partial charge in [0.25, 0.3) is 17.0 Å². The first kappa shape index (κ1) is 45.8. The third-order valence-corrected chi connectivity index (χ3v) is 8.10. The zero-order chi connectivity index (χ0) is 43.0. The van der Waals surface area contributed by atoms with E-state index in [-0.39, 0.29) is 0 Å². The van der Waals surface area contributed by atoms with E-state index in [0.717, 1.165) is 0 Å². The first-order valence-electron chi connectivity index (χ1n) is 11.2. The normalized spacial score (nSPS) is 41.7. The Balaban J connectivity index is 3.74. The van der Waals surface area contributed by atoms with Crippen LogP contribution < -0.4 is 0 Å². The van der Waals surface area contributed by atoms with E-state index in [1.807, 2.05) is 0 Å².